The van der Waals surface area contributed by atoms with E-state index in [-0.39, 0.29) is 23.6 Å². The van der Waals surface area contributed by atoms with Crippen LogP contribution in [0.4, 0.5) is 20.2 Å². The zero-order valence-corrected chi connectivity index (χ0v) is 18.4. The van der Waals surface area contributed by atoms with E-state index >= 15 is 0 Å². The van der Waals surface area contributed by atoms with Crippen molar-refractivity contribution in [1.82, 2.24) is 4.98 Å². The van der Waals surface area contributed by atoms with Crippen LogP contribution in [0, 0.1) is 18.6 Å². The van der Waals surface area contributed by atoms with Gasteiger partial charge < -0.3 is 10.1 Å². The Labute approximate surface area is 188 Å². The minimum Gasteiger partial charge on any atom is -0.462 e. The molecule has 2 N–H and O–H groups in total. The maximum atomic E-state index is 13.3. The Morgan fingerprint density at radius 3 is 2.24 bits per heavy atom. The third-order valence-corrected chi connectivity index (χ3v) is 5.79. The normalized spacial score (nSPS) is 11.0. The van der Waals surface area contributed by atoms with Gasteiger partial charge in [-0.15, -0.1) is 0 Å². The fourth-order valence-corrected chi connectivity index (χ4v) is 3.86. The van der Waals surface area contributed by atoms with E-state index in [4.69, 9.17) is 4.74 Å². The Morgan fingerprint density at radius 1 is 0.970 bits per heavy atom. The van der Waals surface area contributed by atoms with Crippen LogP contribution < -0.4 is 10.0 Å². The number of esters is 1. The van der Waals surface area contributed by atoms with Gasteiger partial charge in [0.15, 0.2) is 11.6 Å². The Morgan fingerprint density at radius 2 is 1.64 bits per heavy atom. The van der Waals surface area contributed by atoms with Crippen molar-refractivity contribution in [3.8, 4) is 0 Å². The summed E-state index contributed by atoms with van der Waals surface area (Å²) in [5, 5.41) is 2.61. The van der Waals surface area contributed by atoms with Gasteiger partial charge in [-0.1, -0.05) is 0 Å². The fourth-order valence-electron chi connectivity index (χ4n) is 2.79. The topological polar surface area (TPSA) is 114 Å². The summed E-state index contributed by atoms with van der Waals surface area (Å²) in [6, 6.07) is 10.7. The van der Waals surface area contributed by atoms with Crippen LogP contribution in [-0.2, 0) is 14.8 Å². The summed E-state index contributed by atoms with van der Waals surface area (Å²) in [4.78, 5) is 28.0. The van der Waals surface area contributed by atoms with Gasteiger partial charge in [0.1, 0.15) is 5.69 Å². The minimum atomic E-state index is -4.14. The number of hydrogen-bond acceptors (Lipinski definition) is 6. The molecule has 1 heterocycles. The van der Waals surface area contributed by atoms with E-state index in [0.29, 0.717) is 17.4 Å². The summed E-state index contributed by atoms with van der Waals surface area (Å²) in [6.07, 6.45) is 0. The highest BCUT2D eigenvalue weighted by atomic mass is 32.2. The molecule has 0 aliphatic carbocycles. The molecule has 0 radical (unpaired) electrons. The molecule has 8 nitrogen and oxygen atoms in total. The number of carbonyl (C=O) groups excluding carboxylic acids is 2. The van der Waals surface area contributed by atoms with Gasteiger partial charge in [-0.2, -0.15) is 0 Å². The molecule has 0 fully saturated rings. The van der Waals surface area contributed by atoms with Gasteiger partial charge in [0.05, 0.1) is 22.8 Å². The molecule has 11 heteroatoms. The number of rotatable bonds is 7. The second kappa shape index (κ2) is 9.74. The van der Waals surface area contributed by atoms with Crippen LogP contribution in [0.5, 0.6) is 0 Å². The van der Waals surface area contributed by atoms with E-state index in [1.165, 1.54) is 36.4 Å². The molecule has 0 saturated heterocycles. The summed E-state index contributed by atoms with van der Waals surface area (Å²) in [5.41, 5.74) is 1.16. The molecular weight excluding hydrogens is 456 g/mol. The van der Waals surface area contributed by atoms with Crippen molar-refractivity contribution in [1.29, 1.82) is 0 Å². The molecule has 2 aromatic carbocycles. The lowest BCUT2D eigenvalue weighted by Gasteiger charge is -2.10. The quantitative estimate of drug-likeness (QED) is 0.501. The number of aromatic nitrogens is 1. The Bertz CT molecular complexity index is 1310. The summed E-state index contributed by atoms with van der Waals surface area (Å²) >= 11 is 0. The number of carbonyl (C=O) groups is 2. The highest BCUT2D eigenvalue weighted by Crippen LogP contribution is 2.20. The smallest absolute Gasteiger partial charge is 0.339 e. The zero-order chi connectivity index (χ0) is 24.2. The second-order valence-corrected chi connectivity index (χ2v) is 8.45. The van der Waals surface area contributed by atoms with Gasteiger partial charge >= 0.3 is 5.97 Å². The first-order chi connectivity index (χ1) is 15.6. The molecule has 3 rings (SSSR count). The molecule has 33 heavy (non-hydrogen) atoms. The molecular formula is C22H19F2N3O5S. The van der Waals surface area contributed by atoms with Crippen molar-refractivity contribution in [2.24, 2.45) is 0 Å². The zero-order valence-electron chi connectivity index (χ0n) is 17.6. The first-order valence-corrected chi connectivity index (χ1v) is 11.1. The summed E-state index contributed by atoms with van der Waals surface area (Å²) in [5.74, 6) is -3.51. The van der Waals surface area contributed by atoms with Gasteiger partial charge in [0, 0.05) is 11.4 Å². The van der Waals surface area contributed by atoms with E-state index in [1.54, 1.807) is 13.8 Å². The first kappa shape index (κ1) is 23.8. The van der Waals surface area contributed by atoms with Crippen LogP contribution in [0.3, 0.4) is 0 Å². The number of ether oxygens (including phenoxy) is 1. The number of nitrogens with zero attached hydrogens (tertiary/aromatic N) is 1. The number of anilines is 2. The molecule has 0 spiro atoms. The Kier molecular flexibility index (Phi) is 7.02. The van der Waals surface area contributed by atoms with Crippen LogP contribution in [0.15, 0.2) is 59.5 Å². The molecule has 172 valence electrons. The van der Waals surface area contributed by atoms with Crippen molar-refractivity contribution >= 4 is 33.3 Å². The van der Waals surface area contributed by atoms with E-state index in [2.05, 4.69) is 15.0 Å². The van der Waals surface area contributed by atoms with E-state index in [0.717, 1.165) is 12.1 Å². The molecule has 0 atom stereocenters. The van der Waals surface area contributed by atoms with Gasteiger partial charge in [0.2, 0.25) is 0 Å². The minimum absolute atomic E-state index is 0.0728. The van der Waals surface area contributed by atoms with E-state index in [1.807, 2.05) is 0 Å². The van der Waals surface area contributed by atoms with Gasteiger partial charge in [-0.25, -0.2) is 27.0 Å². The lowest BCUT2D eigenvalue weighted by Crippen LogP contribution is -2.16. The number of amides is 1. The number of halogens is 2. The average Bonchev–Trinajstić information content (AvgIpc) is 2.76. The highest BCUT2D eigenvalue weighted by molar-refractivity contribution is 7.92. The number of benzene rings is 2. The monoisotopic (exact) mass is 475 g/mol. The largest absolute Gasteiger partial charge is 0.462 e. The predicted octanol–water partition coefficient (Wildman–Crippen LogP) is 3.90. The SMILES string of the molecule is CCOC(=O)c1ccc(C(=O)Nc2ccc(NS(=O)(=O)c3ccc(F)c(F)c3)cc2)nc1C. The molecule has 0 aliphatic rings. The van der Waals surface area contributed by atoms with Crippen molar-refractivity contribution in [3.05, 3.63) is 83.2 Å². The van der Waals surface area contributed by atoms with E-state index in [9.17, 15) is 26.8 Å². The Hall–Kier alpha value is -3.86. The molecule has 0 saturated carbocycles. The first-order valence-electron chi connectivity index (χ1n) is 9.64. The van der Waals surface area contributed by atoms with Crippen LogP contribution in [0.2, 0.25) is 0 Å². The van der Waals surface area contributed by atoms with Crippen molar-refractivity contribution in [3.63, 3.8) is 0 Å². The highest BCUT2D eigenvalue weighted by Gasteiger charge is 2.18. The van der Waals surface area contributed by atoms with Crippen molar-refractivity contribution < 1.29 is 31.5 Å². The number of sulfonamides is 1. The van der Waals surface area contributed by atoms with Gasteiger partial charge in [-0.3, -0.25) is 9.52 Å². The van der Waals surface area contributed by atoms with Crippen LogP contribution in [-0.4, -0.2) is 31.9 Å². The summed E-state index contributed by atoms with van der Waals surface area (Å²) < 4.78 is 58.3. The maximum Gasteiger partial charge on any atom is 0.339 e. The van der Waals surface area contributed by atoms with Gasteiger partial charge in [0.25, 0.3) is 15.9 Å². The predicted molar refractivity (Wildman–Crippen MR) is 116 cm³/mol. The molecule has 1 amide bonds. The maximum absolute atomic E-state index is 13.3. The summed E-state index contributed by atoms with van der Waals surface area (Å²) in [7, 11) is -4.14. The lowest BCUT2D eigenvalue weighted by molar-refractivity contribution is 0.0524. The average molecular weight is 475 g/mol. The number of aryl methyl sites for hydroxylation is 1. The standard InChI is InChI=1S/C22H19F2N3O5S/c1-3-32-22(29)17-9-11-20(25-13(17)2)21(28)26-14-4-6-15(7-5-14)27-33(30,31)16-8-10-18(23)19(24)12-16/h4-12,27H,3H2,1-2H3,(H,26,28). The van der Waals surface area contributed by atoms with Crippen molar-refractivity contribution in [2.75, 3.05) is 16.6 Å². The molecule has 0 unspecified atom stereocenters. The second-order valence-electron chi connectivity index (χ2n) is 6.76. The lowest BCUT2D eigenvalue weighted by atomic mass is 10.2. The van der Waals surface area contributed by atoms with Crippen LogP contribution >= 0.6 is 0 Å². The number of nitrogens with one attached hydrogen (secondary N) is 2. The van der Waals surface area contributed by atoms with Crippen LogP contribution in [0.25, 0.3) is 0 Å². The Balaban J connectivity index is 1.69. The van der Waals surface area contributed by atoms with Crippen LogP contribution in [0.1, 0.15) is 33.5 Å². The molecule has 0 aliphatic heterocycles. The third-order valence-electron chi connectivity index (χ3n) is 4.41. The third kappa shape index (κ3) is 5.69. The number of pyridine rings is 1. The molecule has 3 aromatic rings. The summed E-state index contributed by atoms with van der Waals surface area (Å²) in [6.45, 7) is 3.48. The van der Waals surface area contributed by atoms with Gasteiger partial charge in [-0.05, 0) is 68.4 Å². The molecule has 1 aromatic heterocycles. The van der Waals surface area contributed by atoms with Crippen molar-refractivity contribution in [2.45, 2.75) is 18.7 Å². The fraction of sp³-hybridized carbons (Fsp3) is 0.136. The molecule has 0 bridgehead atoms. The van der Waals surface area contributed by atoms with E-state index < -0.39 is 38.4 Å². The number of hydrogen-bond donors (Lipinski definition) is 2.